The third-order valence-electron chi connectivity index (χ3n) is 1.52. The average molecular weight is 161 g/mol. The number of pyridine rings is 1. The van der Waals surface area contributed by atoms with Crippen LogP contribution in [0.5, 0.6) is 0 Å². The number of hydrogen-bond donors (Lipinski definition) is 1. The third-order valence-corrected chi connectivity index (χ3v) is 1.52. The lowest BCUT2D eigenvalue weighted by Gasteiger charge is -2.02. The van der Waals surface area contributed by atoms with Gasteiger partial charge in [-0.05, 0) is 6.07 Å². The van der Waals surface area contributed by atoms with Gasteiger partial charge in [0.2, 0.25) is 0 Å². The maximum Gasteiger partial charge on any atom is 0.123 e. The van der Waals surface area contributed by atoms with E-state index in [1.54, 1.807) is 35.7 Å². The number of rotatable bonds is 1. The zero-order valence-electron chi connectivity index (χ0n) is 6.25. The van der Waals surface area contributed by atoms with Crippen LogP contribution in [0.2, 0.25) is 0 Å². The van der Waals surface area contributed by atoms with Gasteiger partial charge < -0.3 is 5.73 Å². The van der Waals surface area contributed by atoms with E-state index < -0.39 is 0 Å². The van der Waals surface area contributed by atoms with Gasteiger partial charge >= 0.3 is 0 Å². The summed E-state index contributed by atoms with van der Waals surface area (Å²) >= 11 is 0. The van der Waals surface area contributed by atoms with Crippen molar-refractivity contribution in [1.29, 1.82) is 0 Å². The molecule has 0 saturated carbocycles. The zero-order valence-corrected chi connectivity index (χ0v) is 6.25. The van der Waals surface area contributed by atoms with Crippen LogP contribution >= 0.6 is 0 Å². The molecule has 0 fully saturated rings. The number of nitrogens with zero attached hydrogens (tertiary/aromatic N) is 4. The fourth-order valence-corrected chi connectivity index (χ4v) is 0.960. The van der Waals surface area contributed by atoms with Crippen molar-refractivity contribution in [1.82, 2.24) is 19.7 Å². The summed E-state index contributed by atoms with van der Waals surface area (Å²) < 4.78 is 1.73. The van der Waals surface area contributed by atoms with Crippen molar-refractivity contribution in [3.05, 3.63) is 31.1 Å². The van der Waals surface area contributed by atoms with Crippen LogP contribution in [0.15, 0.2) is 31.1 Å². The van der Waals surface area contributed by atoms with Crippen LogP contribution in [-0.4, -0.2) is 19.7 Å². The lowest BCUT2D eigenvalue weighted by Crippen LogP contribution is -1.97. The number of anilines is 1. The molecule has 0 atom stereocenters. The van der Waals surface area contributed by atoms with Gasteiger partial charge in [0.15, 0.2) is 0 Å². The molecule has 0 aliphatic heterocycles. The first-order chi connectivity index (χ1) is 5.88. The molecule has 0 radical (unpaired) electrons. The van der Waals surface area contributed by atoms with Gasteiger partial charge in [-0.25, -0.2) is 0 Å². The Bertz CT molecular complexity index is 367. The van der Waals surface area contributed by atoms with E-state index in [0.717, 1.165) is 5.69 Å². The maximum atomic E-state index is 5.67. The molecule has 0 spiro atoms. The monoisotopic (exact) mass is 161 g/mol. The Balaban J connectivity index is 2.55. The molecule has 2 N–H and O–H groups in total. The van der Waals surface area contributed by atoms with Crippen LogP contribution in [0.25, 0.3) is 5.69 Å². The van der Waals surface area contributed by atoms with Gasteiger partial charge in [-0.3, -0.25) is 9.55 Å². The normalized spacial score (nSPS) is 10.0. The minimum absolute atomic E-state index is 0.609. The van der Waals surface area contributed by atoms with E-state index in [0.29, 0.717) is 5.69 Å². The molecular weight excluding hydrogens is 154 g/mol. The Morgan fingerprint density at radius 2 is 2.00 bits per heavy atom. The first-order valence-electron chi connectivity index (χ1n) is 3.42. The van der Waals surface area contributed by atoms with Crippen molar-refractivity contribution in [3.63, 3.8) is 0 Å². The minimum Gasteiger partial charge on any atom is -0.396 e. The first kappa shape index (κ1) is 6.78. The molecule has 0 aromatic carbocycles. The highest BCUT2D eigenvalue weighted by Gasteiger charge is 1.98. The summed E-state index contributed by atoms with van der Waals surface area (Å²) in [4.78, 5) is 3.88. The van der Waals surface area contributed by atoms with E-state index in [1.165, 1.54) is 0 Å². The van der Waals surface area contributed by atoms with Crippen molar-refractivity contribution < 1.29 is 0 Å². The van der Waals surface area contributed by atoms with E-state index in [1.807, 2.05) is 0 Å². The van der Waals surface area contributed by atoms with Crippen LogP contribution in [0.4, 0.5) is 5.69 Å². The molecule has 5 nitrogen and oxygen atoms in total. The summed E-state index contributed by atoms with van der Waals surface area (Å²) in [6, 6.07) is 1.80. The van der Waals surface area contributed by atoms with E-state index >= 15 is 0 Å². The molecule has 60 valence electrons. The fourth-order valence-electron chi connectivity index (χ4n) is 0.960. The largest absolute Gasteiger partial charge is 0.396 e. The molecule has 12 heavy (non-hydrogen) atoms. The predicted octanol–water partition coefficient (Wildman–Crippen LogP) is 0.244. The van der Waals surface area contributed by atoms with Gasteiger partial charge in [0.1, 0.15) is 12.7 Å². The second kappa shape index (κ2) is 2.61. The fraction of sp³-hybridized carbons (Fsp3) is 0. The molecule has 0 aliphatic rings. The Morgan fingerprint density at radius 1 is 1.25 bits per heavy atom. The van der Waals surface area contributed by atoms with Crippen LogP contribution < -0.4 is 5.73 Å². The van der Waals surface area contributed by atoms with Crippen molar-refractivity contribution in [2.45, 2.75) is 0 Å². The van der Waals surface area contributed by atoms with Crippen molar-refractivity contribution in [2.24, 2.45) is 0 Å². The molecule has 0 unspecified atom stereocenters. The van der Waals surface area contributed by atoms with Gasteiger partial charge in [-0.2, -0.15) is 0 Å². The van der Waals surface area contributed by atoms with E-state index in [4.69, 9.17) is 5.73 Å². The molecule has 0 aliphatic carbocycles. The Hall–Kier alpha value is -1.91. The highest BCUT2D eigenvalue weighted by atomic mass is 15.2. The molecule has 5 heteroatoms. The number of nitrogens with two attached hydrogens (primary N) is 1. The smallest absolute Gasteiger partial charge is 0.123 e. The summed E-state index contributed by atoms with van der Waals surface area (Å²) in [6.07, 6.45) is 6.44. The SMILES string of the molecule is Nc1cnccc1-n1cnnc1. The molecule has 2 aromatic rings. The molecule has 0 saturated heterocycles. The van der Waals surface area contributed by atoms with Crippen LogP contribution in [0.3, 0.4) is 0 Å². The molecule has 2 rings (SSSR count). The Morgan fingerprint density at radius 3 is 2.67 bits per heavy atom. The molecular formula is C7H7N5. The molecule has 2 heterocycles. The molecule has 0 amide bonds. The summed E-state index contributed by atoms with van der Waals surface area (Å²) in [6.45, 7) is 0. The Labute approximate surface area is 68.9 Å². The van der Waals surface area contributed by atoms with Gasteiger partial charge in [0.25, 0.3) is 0 Å². The van der Waals surface area contributed by atoms with Crippen molar-refractivity contribution in [3.8, 4) is 5.69 Å². The van der Waals surface area contributed by atoms with Crippen LogP contribution in [0, 0.1) is 0 Å². The van der Waals surface area contributed by atoms with Crippen LogP contribution in [-0.2, 0) is 0 Å². The standard InChI is InChI=1S/C7H7N5/c8-6-3-9-2-1-7(6)12-4-10-11-5-12/h1-5H,8H2. The second-order valence-corrected chi connectivity index (χ2v) is 2.30. The highest BCUT2D eigenvalue weighted by molar-refractivity contribution is 5.55. The van der Waals surface area contributed by atoms with Gasteiger partial charge in [-0.1, -0.05) is 0 Å². The maximum absolute atomic E-state index is 5.67. The van der Waals surface area contributed by atoms with Crippen molar-refractivity contribution >= 4 is 5.69 Å². The number of nitrogen functional groups attached to an aromatic ring is 1. The lowest BCUT2D eigenvalue weighted by atomic mass is 10.3. The predicted molar refractivity (Wildman–Crippen MR) is 43.6 cm³/mol. The summed E-state index contributed by atoms with van der Waals surface area (Å²) in [5, 5.41) is 7.35. The number of aromatic nitrogens is 4. The first-order valence-corrected chi connectivity index (χ1v) is 3.42. The van der Waals surface area contributed by atoms with Gasteiger partial charge in [-0.15, -0.1) is 10.2 Å². The third kappa shape index (κ3) is 1.01. The highest BCUT2D eigenvalue weighted by Crippen LogP contribution is 2.12. The second-order valence-electron chi connectivity index (χ2n) is 2.30. The van der Waals surface area contributed by atoms with Gasteiger partial charge in [0.05, 0.1) is 17.6 Å². The van der Waals surface area contributed by atoms with E-state index in [2.05, 4.69) is 15.2 Å². The molecule has 0 bridgehead atoms. The summed E-state index contributed by atoms with van der Waals surface area (Å²) in [7, 11) is 0. The number of hydrogen-bond acceptors (Lipinski definition) is 4. The van der Waals surface area contributed by atoms with Gasteiger partial charge in [0, 0.05) is 6.20 Å². The minimum atomic E-state index is 0.609. The van der Waals surface area contributed by atoms with Crippen molar-refractivity contribution in [2.75, 3.05) is 5.73 Å². The zero-order chi connectivity index (χ0) is 8.39. The van der Waals surface area contributed by atoms with E-state index in [9.17, 15) is 0 Å². The Kier molecular flexibility index (Phi) is 1.48. The molecule has 2 aromatic heterocycles. The average Bonchev–Trinajstić information content (AvgIpc) is 2.57. The quantitative estimate of drug-likeness (QED) is 0.650. The summed E-state index contributed by atoms with van der Waals surface area (Å²) in [5.74, 6) is 0. The topological polar surface area (TPSA) is 69.6 Å². The lowest BCUT2D eigenvalue weighted by molar-refractivity contribution is 1.05. The van der Waals surface area contributed by atoms with E-state index in [-0.39, 0.29) is 0 Å². The summed E-state index contributed by atoms with van der Waals surface area (Å²) in [5.41, 5.74) is 7.12. The van der Waals surface area contributed by atoms with Crippen LogP contribution in [0.1, 0.15) is 0 Å².